The Labute approximate surface area is 117 Å². The molecule has 0 aromatic heterocycles. The molecule has 2 heterocycles. The van der Waals surface area contributed by atoms with Gasteiger partial charge in [0.25, 0.3) is 10.2 Å². The summed E-state index contributed by atoms with van der Waals surface area (Å²) in [6.45, 7) is 7.90. The SMILES string of the molecule is CCNC1CCN(S(=O)(=O)N2CCCCC2)CC1C. The third-order valence-corrected chi connectivity index (χ3v) is 6.30. The van der Waals surface area contributed by atoms with Gasteiger partial charge in [-0.15, -0.1) is 0 Å². The van der Waals surface area contributed by atoms with Crippen LogP contribution in [0.15, 0.2) is 0 Å². The Kier molecular flexibility index (Phi) is 5.22. The molecule has 2 aliphatic heterocycles. The average Bonchev–Trinajstić information content (AvgIpc) is 2.42. The molecule has 2 atom stereocenters. The van der Waals surface area contributed by atoms with Gasteiger partial charge in [-0.1, -0.05) is 20.3 Å². The minimum absolute atomic E-state index is 0.383. The molecule has 0 saturated carbocycles. The lowest BCUT2D eigenvalue weighted by molar-refractivity contribution is 0.206. The highest BCUT2D eigenvalue weighted by Crippen LogP contribution is 2.23. The van der Waals surface area contributed by atoms with Gasteiger partial charge in [-0.3, -0.25) is 0 Å². The van der Waals surface area contributed by atoms with Crippen molar-refractivity contribution in [2.45, 2.75) is 45.6 Å². The Balaban J connectivity index is 1.98. The molecular formula is C13H27N3O2S. The fourth-order valence-corrected chi connectivity index (χ4v) is 4.95. The molecule has 112 valence electrons. The van der Waals surface area contributed by atoms with E-state index in [1.165, 1.54) is 0 Å². The number of nitrogens with one attached hydrogen (secondary N) is 1. The minimum atomic E-state index is -3.22. The predicted octanol–water partition coefficient (Wildman–Crippen LogP) is 1.04. The maximum Gasteiger partial charge on any atom is 0.281 e. The number of piperidine rings is 2. The summed E-state index contributed by atoms with van der Waals surface area (Å²) in [7, 11) is -3.22. The van der Waals surface area contributed by atoms with Crippen LogP contribution in [0.1, 0.15) is 39.5 Å². The average molecular weight is 289 g/mol. The lowest BCUT2D eigenvalue weighted by atomic mass is 9.95. The molecule has 2 aliphatic rings. The summed E-state index contributed by atoms with van der Waals surface area (Å²) in [4.78, 5) is 0. The van der Waals surface area contributed by atoms with Crippen molar-refractivity contribution in [1.29, 1.82) is 0 Å². The highest BCUT2D eigenvalue weighted by atomic mass is 32.2. The van der Waals surface area contributed by atoms with E-state index >= 15 is 0 Å². The van der Waals surface area contributed by atoms with Crippen LogP contribution in [0.25, 0.3) is 0 Å². The Bertz CT molecular complexity index is 379. The van der Waals surface area contributed by atoms with Gasteiger partial charge in [0.05, 0.1) is 0 Å². The number of hydrogen-bond acceptors (Lipinski definition) is 3. The maximum absolute atomic E-state index is 12.6. The molecular weight excluding hydrogens is 262 g/mol. The van der Waals surface area contributed by atoms with E-state index in [4.69, 9.17) is 0 Å². The molecule has 0 spiro atoms. The summed E-state index contributed by atoms with van der Waals surface area (Å²) in [5.74, 6) is 0.383. The van der Waals surface area contributed by atoms with Gasteiger partial charge in [-0.05, 0) is 31.7 Å². The second-order valence-corrected chi connectivity index (χ2v) is 7.68. The smallest absolute Gasteiger partial charge is 0.281 e. The molecule has 0 aromatic carbocycles. The van der Waals surface area contributed by atoms with E-state index in [1.54, 1.807) is 8.61 Å². The monoisotopic (exact) mass is 289 g/mol. The fraction of sp³-hybridized carbons (Fsp3) is 1.00. The molecule has 5 nitrogen and oxygen atoms in total. The van der Waals surface area contributed by atoms with Crippen LogP contribution in [-0.4, -0.2) is 55.8 Å². The van der Waals surface area contributed by atoms with Crippen molar-refractivity contribution in [3.63, 3.8) is 0 Å². The van der Waals surface area contributed by atoms with Crippen LogP contribution in [0.5, 0.6) is 0 Å². The molecule has 19 heavy (non-hydrogen) atoms. The van der Waals surface area contributed by atoms with Crippen molar-refractivity contribution in [2.24, 2.45) is 5.92 Å². The summed E-state index contributed by atoms with van der Waals surface area (Å²) in [5, 5.41) is 3.45. The predicted molar refractivity (Wildman–Crippen MR) is 77.2 cm³/mol. The van der Waals surface area contributed by atoms with Crippen LogP contribution < -0.4 is 5.32 Å². The lowest BCUT2D eigenvalue weighted by Gasteiger charge is -2.39. The molecule has 0 aromatic rings. The zero-order valence-corrected chi connectivity index (χ0v) is 13.0. The largest absolute Gasteiger partial charge is 0.314 e. The summed E-state index contributed by atoms with van der Waals surface area (Å²) in [6.07, 6.45) is 4.08. The standard InChI is InChI=1S/C13H27N3O2S/c1-3-14-13-7-10-16(11-12(13)2)19(17,18)15-8-5-4-6-9-15/h12-14H,3-11H2,1-2H3. The normalized spacial score (nSPS) is 31.5. The van der Waals surface area contributed by atoms with Gasteiger partial charge in [0.1, 0.15) is 0 Å². The summed E-state index contributed by atoms with van der Waals surface area (Å²) >= 11 is 0. The van der Waals surface area contributed by atoms with Crippen LogP contribution in [-0.2, 0) is 10.2 Å². The molecule has 0 aliphatic carbocycles. The first kappa shape index (κ1) is 15.2. The van der Waals surface area contributed by atoms with E-state index < -0.39 is 10.2 Å². The maximum atomic E-state index is 12.6. The van der Waals surface area contributed by atoms with E-state index in [1.807, 2.05) is 0 Å². The van der Waals surface area contributed by atoms with Crippen molar-refractivity contribution in [3.8, 4) is 0 Å². The van der Waals surface area contributed by atoms with Crippen LogP contribution in [0.4, 0.5) is 0 Å². The Morgan fingerprint density at radius 3 is 2.37 bits per heavy atom. The third kappa shape index (κ3) is 3.48. The molecule has 2 saturated heterocycles. The van der Waals surface area contributed by atoms with Gasteiger partial charge in [-0.2, -0.15) is 17.0 Å². The fourth-order valence-electron chi connectivity index (χ4n) is 3.14. The quantitative estimate of drug-likeness (QED) is 0.841. The van der Waals surface area contributed by atoms with Gasteiger partial charge in [0.15, 0.2) is 0 Å². The highest BCUT2D eigenvalue weighted by Gasteiger charge is 2.36. The zero-order valence-electron chi connectivity index (χ0n) is 12.1. The van der Waals surface area contributed by atoms with Crippen LogP contribution in [0.2, 0.25) is 0 Å². The van der Waals surface area contributed by atoms with E-state index in [0.29, 0.717) is 38.1 Å². The molecule has 0 radical (unpaired) electrons. The molecule has 0 bridgehead atoms. The second kappa shape index (κ2) is 6.52. The van der Waals surface area contributed by atoms with E-state index in [-0.39, 0.29) is 0 Å². The molecule has 1 N–H and O–H groups in total. The third-order valence-electron chi connectivity index (χ3n) is 4.30. The van der Waals surface area contributed by atoms with E-state index in [0.717, 1.165) is 32.2 Å². The van der Waals surface area contributed by atoms with E-state index in [9.17, 15) is 8.42 Å². The molecule has 2 unspecified atom stereocenters. The summed E-state index contributed by atoms with van der Waals surface area (Å²) < 4.78 is 28.5. The van der Waals surface area contributed by atoms with Gasteiger partial charge >= 0.3 is 0 Å². The number of rotatable bonds is 4. The summed E-state index contributed by atoms with van der Waals surface area (Å²) in [6, 6.07) is 0.456. The highest BCUT2D eigenvalue weighted by molar-refractivity contribution is 7.86. The minimum Gasteiger partial charge on any atom is -0.314 e. The summed E-state index contributed by atoms with van der Waals surface area (Å²) in [5.41, 5.74) is 0. The Hall–Kier alpha value is -0.170. The van der Waals surface area contributed by atoms with Crippen molar-refractivity contribution in [1.82, 2.24) is 13.9 Å². The number of nitrogens with zero attached hydrogens (tertiary/aromatic N) is 2. The van der Waals surface area contributed by atoms with Crippen molar-refractivity contribution in [3.05, 3.63) is 0 Å². The van der Waals surface area contributed by atoms with E-state index in [2.05, 4.69) is 19.2 Å². The molecule has 0 amide bonds. The van der Waals surface area contributed by atoms with Gasteiger partial charge < -0.3 is 5.32 Å². The molecule has 6 heteroatoms. The van der Waals surface area contributed by atoms with Crippen LogP contribution >= 0.6 is 0 Å². The lowest BCUT2D eigenvalue weighted by Crippen LogP contribution is -2.54. The first-order chi connectivity index (χ1) is 9.05. The zero-order chi connectivity index (χ0) is 13.9. The van der Waals surface area contributed by atoms with Gasteiger partial charge in [0.2, 0.25) is 0 Å². The first-order valence-corrected chi connectivity index (χ1v) is 8.94. The van der Waals surface area contributed by atoms with Crippen molar-refractivity contribution < 1.29 is 8.42 Å². The molecule has 2 fully saturated rings. The van der Waals surface area contributed by atoms with Crippen molar-refractivity contribution in [2.75, 3.05) is 32.7 Å². The number of hydrogen-bond donors (Lipinski definition) is 1. The Morgan fingerprint density at radius 2 is 1.79 bits per heavy atom. The topological polar surface area (TPSA) is 52.7 Å². The van der Waals surface area contributed by atoms with Crippen LogP contribution in [0, 0.1) is 5.92 Å². The first-order valence-electron chi connectivity index (χ1n) is 7.54. The van der Waals surface area contributed by atoms with Gasteiger partial charge in [-0.25, -0.2) is 0 Å². The molecule has 2 rings (SSSR count). The Morgan fingerprint density at radius 1 is 1.11 bits per heavy atom. The van der Waals surface area contributed by atoms with Crippen LogP contribution in [0.3, 0.4) is 0 Å². The second-order valence-electron chi connectivity index (χ2n) is 5.76. The van der Waals surface area contributed by atoms with Gasteiger partial charge in [0, 0.05) is 32.2 Å². The van der Waals surface area contributed by atoms with Crippen molar-refractivity contribution >= 4 is 10.2 Å².